The maximum absolute atomic E-state index is 13.2. The van der Waals surface area contributed by atoms with E-state index in [0.29, 0.717) is 17.7 Å². The first-order valence-electron chi connectivity index (χ1n) is 7.58. The topological polar surface area (TPSA) is 76.9 Å². The van der Waals surface area contributed by atoms with Gasteiger partial charge in [-0.05, 0) is 36.8 Å². The van der Waals surface area contributed by atoms with E-state index in [4.69, 9.17) is 0 Å². The van der Waals surface area contributed by atoms with Crippen LogP contribution >= 0.6 is 0 Å². The molecule has 128 valence electrons. The molecule has 1 N–H and O–H groups in total. The molecule has 6 nitrogen and oxygen atoms in total. The second-order valence-electron chi connectivity index (χ2n) is 5.32. The third kappa shape index (κ3) is 3.37. The Kier molecular flexibility index (Phi) is 4.51. The Balaban J connectivity index is 1.92. The van der Waals surface area contributed by atoms with Crippen LogP contribution < -0.4 is 10.9 Å². The van der Waals surface area contributed by atoms with Crippen LogP contribution in [0.25, 0.3) is 11.2 Å². The third-order valence-corrected chi connectivity index (χ3v) is 3.61. The van der Waals surface area contributed by atoms with E-state index in [1.807, 2.05) is 0 Å². The van der Waals surface area contributed by atoms with E-state index >= 15 is 0 Å². The van der Waals surface area contributed by atoms with E-state index in [1.54, 1.807) is 19.1 Å². The fourth-order valence-electron chi connectivity index (χ4n) is 2.50. The van der Waals surface area contributed by atoms with Crippen LogP contribution in [-0.2, 0) is 13.1 Å². The summed E-state index contributed by atoms with van der Waals surface area (Å²) in [5.74, 6) is -2.21. The second-order valence-corrected chi connectivity index (χ2v) is 5.32. The number of carbonyl (C=O) groups excluding carboxylic acids is 1. The molecular formula is C17H14F2N4O2. The van der Waals surface area contributed by atoms with Gasteiger partial charge in [-0.15, -0.1) is 0 Å². The summed E-state index contributed by atoms with van der Waals surface area (Å²) in [6.07, 6.45) is 1.54. The van der Waals surface area contributed by atoms with Crippen molar-refractivity contribution in [2.45, 2.75) is 20.0 Å². The highest BCUT2D eigenvalue weighted by Gasteiger charge is 2.17. The number of nitrogens with zero attached hydrogens (tertiary/aromatic N) is 3. The zero-order valence-electron chi connectivity index (χ0n) is 13.3. The molecule has 0 spiro atoms. The van der Waals surface area contributed by atoms with Crippen molar-refractivity contribution < 1.29 is 13.6 Å². The van der Waals surface area contributed by atoms with Crippen molar-refractivity contribution >= 4 is 17.1 Å². The predicted molar refractivity (Wildman–Crippen MR) is 87.0 cm³/mol. The molecular weight excluding hydrogens is 330 g/mol. The lowest BCUT2D eigenvalue weighted by atomic mass is 10.2. The Morgan fingerprint density at radius 2 is 1.96 bits per heavy atom. The lowest BCUT2D eigenvalue weighted by Gasteiger charge is -2.10. The number of rotatable bonds is 4. The van der Waals surface area contributed by atoms with Crippen LogP contribution in [0.1, 0.15) is 23.0 Å². The minimum Gasteiger partial charge on any atom is -0.346 e. The second kappa shape index (κ2) is 6.76. The van der Waals surface area contributed by atoms with Crippen molar-refractivity contribution in [2.24, 2.45) is 0 Å². The van der Waals surface area contributed by atoms with Crippen LogP contribution in [0.2, 0.25) is 0 Å². The van der Waals surface area contributed by atoms with E-state index in [0.717, 1.165) is 18.2 Å². The smallest absolute Gasteiger partial charge is 0.283 e. The van der Waals surface area contributed by atoms with Crippen molar-refractivity contribution in [3.8, 4) is 0 Å². The number of hydrogen-bond acceptors (Lipinski definition) is 4. The number of nitrogens with one attached hydrogen (secondary N) is 1. The SMILES string of the molecule is CCn1c(=O)c(C(=O)NCc2cc(F)cc(F)c2)nc2cccnc21. The monoisotopic (exact) mass is 344 g/mol. The van der Waals surface area contributed by atoms with Gasteiger partial charge in [0, 0.05) is 25.4 Å². The summed E-state index contributed by atoms with van der Waals surface area (Å²) < 4.78 is 27.7. The van der Waals surface area contributed by atoms with Gasteiger partial charge in [0.05, 0.1) is 0 Å². The van der Waals surface area contributed by atoms with Crippen molar-refractivity contribution in [1.82, 2.24) is 19.9 Å². The van der Waals surface area contributed by atoms with Gasteiger partial charge in [0.2, 0.25) is 0 Å². The lowest BCUT2D eigenvalue weighted by molar-refractivity contribution is 0.0944. The maximum atomic E-state index is 13.2. The Morgan fingerprint density at radius 3 is 2.64 bits per heavy atom. The molecule has 2 heterocycles. The number of hydrogen-bond donors (Lipinski definition) is 1. The Bertz CT molecular complexity index is 997. The summed E-state index contributed by atoms with van der Waals surface area (Å²) in [7, 11) is 0. The molecule has 0 fully saturated rings. The van der Waals surface area contributed by atoms with Crippen molar-refractivity contribution in [3.63, 3.8) is 0 Å². The van der Waals surface area contributed by atoms with E-state index in [2.05, 4.69) is 15.3 Å². The van der Waals surface area contributed by atoms with Gasteiger partial charge in [-0.1, -0.05) is 0 Å². The molecule has 0 radical (unpaired) electrons. The van der Waals surface area contributed by atoms with E-state index in [-0.39, 0.29) is 17.8 Å². The first-order chi connectivity index (χ1) is 12.0. The van der Waals surface area contributed by atoms with Crippen LogP contribution in [0, 0.1) is 11.6 Å². The normalized spacial score (nSPS) is 10.8. The molecule has 0 aliphatic carbocycles. The molecule has 0 aliphatic heterocycles. The van der Waals surface area contributed by atoms with Crippen LogP contribution in [-0.4, -0.2) is 20.4 Å². The van der Waals surface area contributed by atoms with E-state index in [1.165, 1.54) is 10.8 Å². The molecule has 3 aromatic rings. The minimum absolute atomic E-state index is 0.133. The zero-order valence-corrected chi connectivity index (χ0v) is 13.3. The molecule has 3 rings (SSSR count). The minimum atomic E-state index is -0.743. The zero-order chi connectivity index (χ0) is 18.0. The molecule has 0 unspecified atom stereocenters. The number of fused-ring (bicyclic) bond motifs is 1. The molecule has 1 amide bonds. The van der Waals surface area contributed by atoms with Gasteiger partial charge >= 0.3 is 0 Å². The number of amides is 1. The van der Waals surface area contributed by atoms with E-state index < -0.39 is 23.1 Å². The molecule has 0 saturated carbocycles. The van der Waals surface area contributed by atoms with Crippen molar-refractivity contribution in [2.75, 3.05) is 0 Å². The van der Waals surface area contributed by atoms with Crippen LogP contribution in [0.5, 0.6) is 0 Å². The largest absolute Gasteiger partial charge is 0.346 e. The first-order valence-corrected chi connectivity index (χ1v) is 7.58. The number of benzene rings is 1. The average molecular weight is 344 g/mol. The van der Waals surface area contributed by atoms with Gasteiger partial charge in [0.1, 0.15) is 17.2 Å². The molecule has 0 bridgehead atoms. The molecule has 0 saturated heterocycles. The Hall–Kier alpha value is -3.16. The molecule has 0 aliphatic rings. The number of aryl methyl sites for hydroxylation is 1. The fraction of sp³-hybridized carbons (Fsp3) is 0.176. The summed E-state index contributed by atoms with van der Waals surface area (Å²) in [6.45, 7) is 1.95. The Morgan fingerprint density at radius 1 is 1.24 bits per heavy atom. The summed E-state index contributed by atoms with van der Waals surface area (Å²) in [5.41, 5.74) is 0.171. The first kappa shape index (κ1) is 16.7. The van der Waals surface area contributed by atoms with Gasteiger partial charge in [0.15, 0.2) is 11.3 Å². The Labute approximate surface area is 141 Å². The fourth-order valence-corrected chi connectivity index (χ4v) is 2.50. The summed E-state index contributed by atoms with van der Waals surface area (Å²) in [6, 6.07) is 6.24. The highest BCUT2D eigenvalue weighted by Crippen LogP contribution is 2.09. The standard InChI is InChI=1S/C17H14F2N4O2/c1-2-23-15-13(4-3-5-20-15)22-14(17(23)25)16(24)21-9-10-6-11(18)8-12(19)7-10/h3-8H,2,9H2,1H3,(H,21,24). The van der Waals surface area contributed by atoms with Crippen LogP contribution in [0.15, 0.2) is 41.3 Å². The quantitative estimate of drug-likeness (QED) is 0.786. The van der Waals surface area contributed by atoms with Crippen molar-refractivity contribution in [1.29, 1.82) is 0 Å². The highest BCUT2D eigenvalue weighted by atomic mass is 19.1. The summed E-state index contributed by atoms with van der Waals surface area (Å²) in [5, 5.41) is 2.46. The third-order valence-electron chi connectivity index (χ3n) is 3.61. The van der Waals surface area contributed by atoms with Crippen LogP contribution in [0.4, 0.5) is 8.78 Å². The summed E-state index contributed by atoms with van der Waals surface area (Å²) in [4.78, 5) is 33.0. The highest BCUT2D eigenvalue weighted by molar-refractivity contribution is 5.93. The molecule has 1 aromatic carbocycles. The van der Waals surface area contributed by atoms with Gasteiger partial charge < -0.3 is 5.32 Å². The molecule has 25 heavy (non-hydrogen) atoms. The van der Waals surface area contributed by atoms with Gasteiger partial charge in [-0.25, -0.2) is 18.7 Å². The summed E-state index contributed by atoms with van der Waals surface area (Å²) >= 11 is 0. The average Bonchev–Trinajstić information content (AvgIpc) is 2.58. The number of carbonyl (C=O) groups is 1. The lowest BCUT2D eigenvalue weighted by Crippen LogP contribution is -2.34. The number of aromatic nitrogens is 3. The number of halogens is 2. The van der Waals surface area contributed by atoms with E-state index in [9.17, 15) is 18.4 Å². The number of pyridine rings is 1. The predicted octanol–water partition coefficient (Wildman–Crippen LogP) is 2.02. The molecule has 0 atom stereocenters. The molecule has 8 heteroatoms. The van der Waals surface area contributed by atoms with Gasteiger partial charge in [-0.3, -0.25) is 14.2 Å². The maximum Gasteiger partial charge on any atom is 0.283 e. The van der Waals surface area contributed by atoms with Crippen LogP contribution in [0.3, 0.4) is 0 Å². The van der Waals surface area contributed by atoms with Gasteiger partial charge in [0.25, 0.3) is 11.5 Å². The van der Waals surface area contributed by atoms with Crippen molar-refractivity contribution in [3.05, 3.63) is 69.8 Å². The molecule has 2 aromatic heterocycles. The van der Waals surface area contributed by atoms with Gasteiger partial charge in [-0.2, -0.15) is 0 Å².